The highest BCUT2D eigenvalue weighted by molar-refractivity contribution is 5.76. The summed E-state index contributed by atoms with van der Waals surface area (Å²) in [5.74, 6) is -0.0787. The molecule has 68 heavy (non-hydrogen) atoms. The number of aliphatic hydroxyl groups excluding tert-OH is 2. The number of carbonyl (C=O) groups is 1. The van der Waals surface area contributed by atoms with Gasteiger partial charge in [-0.05, 0) is 70.6 Å². The maximum Gasteiger partial charge on any atom is 0.220 e. The summed E-state index contributed by atoms with van der Waals surface area (Å²) in [6.45, 7) is 4.21. The van der Waals surface area contributed by atoms with Crippen LogP contribution in [0.15, 0.2) is 85.1 Å². The van der Waals surface area contributed by atoms with Gasteiger partial charge in [0.05, 0.1) is 18.8 Å². The lowest BCUT2D eigenvalue weighted by Crippen LogP contribution is -2.45. The summed E-state index contributed by atoms with van der Waals surface area (Å²) in [6.07, 6.45) is 86.2. The quantitative estimate of drug-likeness (QED) is 0.0420. The van der Waals surface area contributed by atoms with Crippen LogP contribution in [0, 0.1) is 0 Å². The van der Waals surface area contributed by atoms with E-state index in [0.717, 1.165) is 77.0 Å². The van der Waals surface area contributed by atoms with Gasteiger partial charge in [-0.15, -0.1) is 0 Å². The van der Waals surface area contributed by atoms with Crippen molar-refractivity contribution >= 4 is 5.91 Å². The molecule has 0 fully saturated rings. The molecule has 4 nitrogen and oxygen atoms in total. The average molecular weight is 947 g/mol. The smallest absolute Gasteiger partial charge is 0.220 e. The van der Waals surface area contributed by atoms with Crippen LogP contribution in [0.4, 0.5) is 0 Å². The minimum Gasteiger partial charge on any atom is -0.394 e. The van der Waals surface area contributed by atoms with Crippen LogP contribution in [0.5, 0.6) is 0 Å². The van der Waals surface area contributed by atoms with Crippen molar-refractivity contribution in [1.29, 1.82) is 0 Å². The number of hydrogen-bond acceptors (Lipinski definition) is 3. The van der Waals surface area contributed by atoms with Crippen LogP contribution in [0.3, 0.4) is 0 Å². The van der Waals surface area contributed by atoms with Gasteiger partial charge in [-0.1, -0.05) is 304 Å². The van der Waals surface area contributed by atoms with E-state index in [1.807, 2.05) is 6.08 Å². The molecule has 3 N–H and O–H groups in total. The first-order valence-corrected chi connectivity index (χ1v) is 29.8. The predicted molar refractivity (Wildman–Crippen MR) is 303 cm³/mol. The summed E-state index contributed by atoms with van der Waals surface area (Å²) in [6, 6.07) is -0.638. The van der Waals surface area contributed by atoms with Gasteiger partial charge in [-0.25, -0.2) is 0 Å². The monoisotopic (exact) mass is 946 g/mol. The van der Waals surface area contributed by atoms with Gasteiger partial charge in [0.2, 0.25) is 5.91 Å². The first-order valence-electron chi connectivity index (χ1n) is 29.8. The zero-order valence-electron chi connectivity index (χ0n) is 45.4. The second kappa shape index (κ2) is 58.9. The predicted octanol–water partition coefficient (Wildman–Crippen LogP) is 19.9. The molecule has 0 aliphatic rings. The van der Waals surface area contributed by atoms with Crippen LogP contribution >= 0.6 is 0 Å². The Hall–Kier alpha value is -2.43. The van der Waals surface area contributed by atoms with Crippen LogP contribution in [0.25, 0.3) is 0 Å². The molecule has 0 bridgehead atoms. The molecule has 2 unspecified atom stereocenters. The summed E-state index contributed by atoms with van der Waals surface area (Å²) in [5, 5.41) is 23.2. The van der Waals surface area contributed by atoms with Crippen LogP contribution in [-0.4, -0.2) is 34.9 Å². The van der Waals surface area contributed by atoms with Gasteiger partial charge in [0, 0.05) is 6.42 Å². The number of rotatable bonds is 54. The van der Waals surface area contributed by atoms with Crippen molar-refractivity contribution in [3.05, 3.63) is 85.1 Å². The van der Waals surface area contributed by atoms with Crippen molar-refractivity contribution in [2.24, 2.45) is 0 Å². The molecule has 0 aromatic heterocycles. The topological polar surface area (TPSA) is 69.6 Å². The summed E-state index contributed by atoms with van der Waals surface area (Å²) in [7, 11) is 0. The summed E-state index contributed by atoms with van der Waals surface area (Å²) in [4.78, 5) is 12.5. The van der Waals surface area contributed by atoms with E-state index in [-0.39, 0.29) is 12.5 Å². The molecular formula is C64H115NO3. The Morgan fingerprint density at radius 3 is 0.971 bits per heavy atom. The Balaban J connectivity index is 3.53. The first kappa shape index (κ1) is 65.6. The van der Waals surface area contributed by atoms with Gasteiger partial charge in [0.1, 0.15) is 0 Å². The third kappa shape index (κ3) is 54.5. The van der Waals surface area contributed by atoms with E-state index in [1.165, 1.54) is 199 Å². The van der Waals surface area contributed by atoms with Crippen molar-refractivity contribution in [2.75, 3.05) is 6.61 Å². The van der Waals surface area contributed by atoms with Gasteiger partial charge >= 0.3 is 0 Å². The standard InChI is InChI=1S/C64H115NO3/c1-3-5-7-9-11-13-15-17-19-21-23-25-27-29-30-31-32-33-34-36-37-39-41-43-45-47-49-51-53-55-57-59-63(67)62(61-66)65-64(68)60-58-56-54-52-50-48-46-44-42-40-38-35-28-26-24-22-20-18-16-14-12-10-8-6-4-2/h6,8,12,14,18,20,24,26,35,38,42,44,57,59,62-63,66-67H,3-5,7,9-11,13,15-17,19,21-23,25,27-34,36-37,39-41,43,45-56,58,60-61H2,1-2H3,(H,65,68)/b8-6-,14-12-,20-18-,26-24-,38-35-,44-42-,59-57+. The maximum atomic E-state index is 12.5. The van der Waals surface area contributed by atoms with E-state index in [4.69, 9.17) is 0 Å². The Morgan fingerprint density at radius 1 is 0.368 bits per heavy atom. The number of allylic oxidation sites excluding steroid dienone is 13. The van der Waals surface area contributed by atoms with Crippen molar-refractivity contribution < 1.29 is 15.0 Å². The highest BCUT2D eigenvalue weighted by Crippen LogP contribution is 2.17. The molecule has 0 aromatic carbocycles. The molecule has 0 rings (SSSR count). The van der Waals surface area contributed by atoms with Crippen molar-refractivity contribution in [1.82, 2.24) is 5.32 Å². The zero-order chi connectivity index (χ0) is 49.2. The number of hydrogen-bond donors (Lipinski definition) is 3. The minimum absolute atomic E-state index is 0.0787. The van der Waals surface area contributed by atoms with Crippen molar-refractivity contribution in [3.63, 3.8) is 0 Å². The van der Waals surface area contributed by atoms with Crippen molar-refractivity contribution in [3.8, 4) is 0 Å². The molecule has 2 atom stereocenters. The van der Waals surface area contributed by atoms with E-state index >= 15 is 0 Å². The number of carbonyl (C=O) groups excluding carboxylic acids is 1. The molecule has 0 spiro atoms. The van der Waals surface area contributed by atoms with E-state index in [9.17, 15) is 15.0 Å². The fourth-order valence-electron chi connectivity index (χ4n) is 8.89. The van der Waals surface area contributed by atoms with Crippen LogP contribution in [0.1, 0.15) is 296 Å². The lowest BCUT2D eigenvalue weighted by Gasteiger charge is -2.20. The van der Waals surface area contributed by atoms with Gasteiger partial charge in [-0.2, -0.15) is 0 Å². The average Bonchev–Trinajstić information content (AvgIpc) is 3.34. The Labute approximate surface area is 424 Å². The molecule has 1 amide bonds. The van der Waals surface area contributed by atoms with Crippen molar-refractivity contribution in [2.45, 2.75) is 309 Å². The summed E-state index contributed by atoms with van der Waals surface area (Å²) < 4.78 is 0. The van der Waals surface area contributed by atoms with Crippen LogP contribution in [0.2, 0.25) is 0 Å². The lowest BCUT2D eigenvalue weighted by molar-refractivity contribution is -0.123. The second-order valence-electron chi connectivity index (χ2n) is 20.0. The maximum absolute atomic E-state index is 12.5. The highest BCUT2D eigenvalue weighted by Gasteiger charge is 2.18. The largest absolute Gasteiger partial charge is 0.394 e. The summed E-state index contributed by atoms with van der Waals surface area (Å²) >= 11 is 0. The molecule has 0 aliphatic heterocycles. The molecule has 0 saturated heterocycles. The van der Waals surface area contributed by atoms with Gasteiger partial charge in [-0.3, -0.25) is 4.79 Å². The molecule has 394 valence electrons. The number of unbranched alkanes of at least 4 members (excludes halogenated alkanes) is 35. The summed E-state index contributed by atoms with van der Waals surface area (Å²) in [5.41, 5.74) is 0. The molecule has 0 aromatic rings. The van der Waals surface area contributed by atoms with Crippen LogP contribution in [-0.2, 0) is 4.79 Å². The number of aliphatic hydroxyl groups is 2. The molecule has 0 aliphatic carbocycles. The fraction of sp³-hybridized carbons (Fsp3) is 0.766. The van der Waals surface area contributed by atoms with Gasteiger partial charge in [0.15, 0.2) is 0 Å². The minimum atomic E-state index is -0.853. The number of nitrogens with one attached hydrogen (secondary N) is 1. The molecular weight excluding hydrogens is 831 g/mol. The van der Waals surface area contributed by atoms with Crippen LogP contribution < -0.4 is 5.32 Å². The van der Waals surface area contributed by atoms with E-state index < -0.39 is 12.1 Å². The van der Waals surface area contributed by atoms with E-state index in [1.54, 1.807) is 6.08 Å². The number of amides is 1. The third-order valence-corrected chi connectivity index (χ3v) is 13.4. The fourth-order valence-corrected chi connectivity index (χ4v) is 8.89. The third-order valence-electron chi connectivity index (χ3n) is 13.4. The van der Waals surface area contributed by atoms with E-state index in [2.05, 4.69) is 92.1 Å². The molecule has 0 radical (unpaired) electrons. The SMILES string of the molecule is CC/C=C\C/C=C\C/C=C\C/C=C\C/C=C\C/C=C\CCCCCCCCC(=O)NC(CO)C(O)/C=C/CCCCCCCCCCCCCCCCCCCCCCCCCCCCCCC. The highest BCUT2D eigenvalue weighted by atomic mass is 16.3. The second-order valence-corrected chi connectivity index (χ2v) is 20.0. The molecule has 0 saturated carbocycles. The van der Waals surface area contributed by atoms with Gasteiger partial charge < -0.3 is 15.5 Å². The lowest BCUT2D eigenvalue weighted by atomic mass is 10.0. The molecule has 4 heteroatoms. The normalized spacial score (nSPS) is 13.4. The van der Waals surface area contributed by atoms with Gasteiger partial charge in [0.25, 0.3) is 0 Å². The Morgan fingerprint density at radius 2 is 0.647 bits per heavy atom. The first-order chi connectivity index (χ1) is 33.7. The Kier molecular flexibility index (Phi) is 56.8. The Bertz CT molecular complexity index is 1210. The molecule has 0 heterocycles. The zero-order valence-corrected chi connectivity index (χ0v) is 45.4. The van der Waals surface area contributed by atoms with E-state index in [0.29, 0.717) is 6.42 Å².